The van der Waals surface area contributed by atoms with Gasteiger partial charge in [-0.15, -0.1) is 0 Å². The van der Waals surface area contributed by atoms with E-state index in [0.717, 1.165) is 28.4 Å². The third kappa shape index (κ3) is 4.29. The Morgan fingerprint density at radius 2 is 1.71 bits per heavy atom. The Kier molecular flexibility index (Phi) is 5.49. The van der Waals surface area contributed by atoms with E-state index in [0.29, 0.717) is 24.8 Å². The Labute approximate surface area is 169 Å². The molecule has 0 saturated carbocycles. The van der Waals surface area contributed by atoms with E-state index in [9.17, 15) is 0 Å². The van der Waals surface area contributed by atoms with E-state index in [2.05, 4.69) is 23.6 Å². The summed E-state index contributed by atoms with van der Waals surface area (Å²) in [6.07, 6.45) is 0. The van der Waals surface area contributed by atoms with Crippen LogP contribution in [0.4, 0.5) is 0 Å². The van der Waals surface area contributed by atoms with Gasteiger partial charge in [-0.3, -0.25) is 0 Å². The maximum Gasteiger partial charge on any atom is 0.148 e. The van der Waals surface area contributed by atoms with E-state index in [4.69, 9.17) is 26.1 Å². The lowest BCUT2D eigenvalue weighted by Crippen LogP contribution is -2.13. The molecular formula is C23H21ClN2O2. The number of fused-ring (bicyclic) bond motifs is 1. The average Bonchev–Trinajstić information content (AvgIpc) is 3.05. The number of rotatable bonds is 7. The van der Waals surface area contributed by atoms with Crippen LogP contribution in [-0.4, -0.2) is 16.2 Å². The van der Waals surface area contributed by atoms with Crippen LogP contribution < -0.4 is 9.47 Å². The molecule has 4 aromatic rings. The molecule has 0 atom stereocenters. The van der Waals surface area contributed by atoms with E-state index < -0.39 is 0 Å². The molecule has 0 amide bonds. The lowest BCUT2D eigenvalue weighted by Gasteiger charge is -2.12. The summed E-state index contributed by atoms with van der Waals surface area (Å²) in [5.41, 5.74) is 3.21. The van der Waals surface area contributed by atoms with Gasteiger partial charge in [0.25, 0.3) is 0 Å². The third-order valence-electron chi connectivity index (χ3n) is 4.49. The first-order valence-corrected chi connectivity index (χ1v) is 9.59. The maximum atomic E-state index is 5.94. The van der Waals surface area contributed by atoms with Gasteiger partial charge in [0.05, 0.1) is 17.6 Å². The predicted octanol–water partition coefficient (Wildman–Crippen LogP) is 5.66. The average molecular weight is 393 g/mol. The van der Waals surface area contributed by atoms with Crippen LogP contribution in [-0.2, 0) is 13.2 Å². The number of aryl methyl sites for hydroxylation is 1. The van der Waals surface area contributed by atoms with Crippen molar-refractivity contribution in [1.82, 2.24) is 9.55 Å². The molecule has 0 aliphatic carbocycles. The Hall–Kier alpha value is -2.98. The molecule has 0 unspecified atom stereocenters. The van der Waals surface area contributed by atoms with E-state index in [1.165, 1.54) is 5.56 Å². The number of halogens is 1. The number of hydrogen-bond acceptors (Lipinski definition) is 3. The van der Waals surface area contributed by atoms with Crippen molar-refractivity contribution < 1.29 is 9.47 Å². The highest BCUT2D eigenvalue weighted by Gasteiger charge is 2.11. The van der Waals surface area contributed by atoms with Gasteiger partial charge >= 0.3 is 0 Å². The van der Waals surface area contributed by atoms with Crippen LogP contribution in [0.25, 0.3) is 11.0 Å². The minimum absolute atomic E-state index is 0.376. The summed E-state index contributed by atoms with van der Waals surface area (Å²) in [6, 6.07) is 23.5. The largest absolute Gasteiger partial charge is 0.492 e. The molecule has 0 radical (unpaired) electrons. The van der Waals surface area contributed by atoms with Crippen molar-refractivity contribution in [2.24, 2.45) is 0 Å². The molecule has 4 nitrogen and oxygen atoms in total. The second-order valence-corrected chi connectivity index (χ2v) is 7.01. The number of benzene rings is 3. The Morgan fingerprint density at radius 1 is 0.893 bits per heavy atom. The van der Waals surface area contributed by atoms with Gasteiger partial charge in [0.15, 0.2) is 0 Å². The van der Waals surface area contributed by atoms with Crippen molar-refractivity contribution in [1.29, 1.82) is 0 Å². The maximum absolute atomic E-state index is 5.94. The number of imidazole rings is 1. The van der Waals surface area contributed by atoms with E-state index in [-0.39, 0.29) is 0 Å². The molecular weight excluding hydrogens is 372 g/mol. The molecule has 3 aromatic carbocycles. The van der Waals surface area contributed by atoms with Crippen molar-refractivity contribution in [3.05, 3.63) is 89.2 Å². The minimum atomic E-state index is 0.376. The van der Waals surface area contributed by atoms with Crippen LogP contribution >= 0.6 is 11.6 Å². The molecule has 4 rings (SSSR count). The highest BCUT2D eigenvalue weighted by Crippen LogP contribution is 2.20. The number of ether oxygens (including phenoxy) is 2. The Balaban J connectivity index is 1.50. The fourth-order valence-corrected chi connectivity index (χ4v) is 3.25. The van der Waals surface area contributed by atoms with E-state index >= 15 is 0 Å². The first kappa shape index (κ1) is 18.4. The molecule has 0 spiro atoms. The molecule has 1 aromatic heterocycles. The SMILES string of the molecule is Cc1cccc(OCCn2c(COc3ccc(Cl)cc3)nc3ccccc32)c1. The summed E-state index contributed by atoms with van der Waals surface area (Å²) in [6.45, 7) is 3.68. The van der Waals surface area contributed by atoms with Gasteiger partial charge in [-0.1, -0.05) is 35.9 Å². The van der Waals surface area contributed by atoms with Gasteiger partial charge in [0, 0.05) is 5.02 Å². The first-order chi connectivity index (χ1) is 13.7. The van der Waals surface area contributed by atoms with Gasteiger partial charge in [-0.05, 0) is 61.0 Å². The molecule has 28 heavy (non-hydrogen) atoms. The van der Waals surface area contributed by atoms with Gasteiger partial charge in [0.2, 0.25) is 0 Å². The molecule has 0 fully saturated rings. The molecule has 0 aliphatic rings. The molecule has 0 bridgehead atoms. The number of para-hydroxylation sites is 2. The summed E-state index contributed by atoms with van der Waals surface area (Å²) in [5, 5.41) is 0.688. The van der Waals surface area contributed by atoms with Crippen molar-refractivity contribution in [2.75, 3.05) is 6.61 Å². The molecule has 142 valence electrons. The standard InChI is InChI=1S/C23H21ClN2O2/c1-17-5-4-6-20(15-17)27-14-13-26-22-8-3-2-7-21(22)25-23(26)16-28-19-11-9-18(24)10-12-19/h2-12,15H,13-14,16H2,1H3. The molecule has 0 aliphatic heterocycles. The summed E-state index contributed by atoms with van der Waals surface area (Å²) >= 11 is 5.94. The lowest BCUT2D eigenvalue weighted by atomic mass is 10.2. The molecule has 0 N–H and O–H groups in total. The highest BCUT2D eigenvalue weighted by atomic mass is 35.5. The number of nitrogens with zero attached hydrogens (tertiary/aromatic N) is 2. The van der Waals surface area contributed by atoms with Crippen molar-refractivity contribution >= 4 is 22.6 Å². The number of aromatic nitrogens is 2. The van der Waals surface area contributed by atoms with Crippen LogP contribution in [0.1, 0.15) is 11.4 Å². The van der Waals surface area contributed by atoms with Crippen LogP contribution in [0.5, 0.6) is 11.5 Å². The molecule has 1 heterocycles. The normalized spacial score (nSPS) is 10.9. The second-order valence-electron chi connectivity index (χ2n) is 6.58. The quantitative estimate of drug-likeness (QED) is 0.407. The van der Waals surface area contributed by atoms with Crippen molar-refractivity contribution in [3.8, 4) is 11.5 Å². The van der Waals surface area contributed by atoms with Gasteiger partial charge in [-0.2, -0.15) is 0 Å². The zero-order valence-corrected chi connectivity index (χ0v) is 16.4. The van der Waals surface area contributed by atoms with Crippen molar-refractivity contribution in [3.63, 3.8) is 0 Å². The van der Waals surface area contributed by atoms with Crippen LogP contribution in [0.3, 0.4) is 0 Å². The zero-order chi connectivity index (χ0) is 19.3. The zero-order valence-electron chi connectivity index (χ0n) is 15.6. The van der Waals surface area contributed by atoms with E-state index in [1.54, 1.807) is 0 Å². The fourth-order valence-electron chi connectivity index (χ4n) is 3.12. The lowest BCUT2D eigenvalue weighted by molar-refractivity contribution is 0.272. The Morgan fingerprint density at radius 3 is 2.54 bits per heavy atom. The monoisotopic (exact) mass is 392 g/mol. The van der Waals surface area contributed by atoms with Gasteiger partial charge in [0.1, 0.15) is 30.5 Å². The van der Waals surface area contributed by atoms with Gasteiger partial charge < -0.3 is 14.0 Å². The third-order valence-corrected chi connectivity index (χ3v) is 4.74. The Bertz CT molecular complexity index is 1070. The molecule has 5 heteroatoms. The van der Waals surface area contributed by atoms with Gasteiger partial charge in [-0.25, -0.2) is 4.98 Å². The fraction of sp³-hybridized carbons (Fsp3) is 0.174. The smallest absolute Gasteiger partial charge is 0.148 e. The predicted molar refractivity (Wildman–Crippen MR) is 112 cm³/mol. The summed E-state index contributed by atoms with van der Waals surface area (Å²) in [4.78, 5) is 4.74. The van der Waals surface area contributed by atoms with Crippen LogP contribution in [0, 0.1) is 6.92 Å². The minimum Gasteiger partial charge on any atom is -0.492 e. The topological polar surface area (TPSA) is 36.3 Å². The van der Waals surface area contributed by atoms with E-state index in [1.807, 2.05) is 60.7 Å². The van der Waals surface area contributed by atoms with Crippen LogP contribution in [0.2, 0.25) is 5.02 Å². The summed E-state index contributed by atoms with van der Waals surface area (Å²) < 4.78 is 14.0. The van der Waals surface area contributed by atoms with Crippen LogP contribution in [0.15, 0.2) is 72.8 Å². The number of hydrogen-bond donors (Lipinski definition) is 0. The summed E-state index contributed by atoms with van der Waals surface area (Å²) in [7, 11) is 0. The second kappa shape index (κ2) is 8.36. The van der Waals surface area contributed by atoms with Crippen molar-refractivity contribution in [2.45, 2.75) is 20.1 Å². The first-order valence-electron chi connectivity index (χ1n) is 9.21. The molecule has 0 saturated heterocycles. The summed E-state index contributed by atoms with van der Waals surface area (Å²) in [5.74, 6) is 2.51. The highest BCUT2D eigenvalue weighted by molar-refractivity contribution is 6.30.